The van der Waals surface area contributed by atoms with Crippen LogP contribution in [0.4, 0.5) is 4.39 Å². The normalized spacial score (nSPS) is 10.2. The molecule has 0 aliphatic carbocycles. The number of hydrogen-bond acceptors (Lipinski definition) is 4. The monoisotopic (exact) mass is 296 g/mol. The van der Waals surface area contributed by atoms with E-state index in [-0.39, 0.29) is 30.8 Å². The number of hydrogen-bond donors (Lipinski definition) is 2. The van der Waals surface area contributed by atoms with Crippen molar-refractivity contribution in [2.24, 2.45) is 0 Å². The Labute approximate surface area is 123 Å². The number of benzene rings is 1. The van der Waals surface area contributed by atoms with E-state index in [4.69, 9.17) is 4.74 Å². The first-order chi connectivity index (χ1) is 10.1. The van der Waals surface area contributed by atoms with Crippen molar-refractivity contribution in [3.8, 4) is 0 Å². The topological polar surface area (TPSA) is 67.4 Å². The summed E-state index contributed by atoms with van der Waals surface area (Å²) in [7, 11) is 0. The van der Waals surface area contributed by atoms with Gasteiger partial charge in [0.25, 0.3) is 0 Å². The van der Waals surface area contributed by atoms with Gasteiger partial charge in [0.05, 0.1) is 13.2 Å². The highest BCUT2D eigenvalue weighted by Gasteiger charge is 2.05. The van der Waals surface area contributed by atoms with Gasteiger partial charge in [-0.2, -0.15) is 0 Å². The predicted octanol–water partition coefficient (Wildman–Crippen LogP) is 1.37. The average Bonchev–Trinajstić information content (AvgIpc) is 2.46. The molecule has 21 heavy (non-hydrogen) atoms. The maximum atomic E-state index is 13.3. The van der Waals surface area contributed by atoms with Gasteiger partial charge in [-0.05, 0) is 26.0 Å². The van der Waals surface area contributed by atoms with E-state index < -0.39 is 0 Å². The number of amides is 1. The quantitative estimate of drug-likeness (QED) is 0.533. The summed E-state index contributed by atoms with van der Waals surface area (Å²) in [5.41, 5.74) is 0.452. The minimum atomic E-state index is -0.333. The van der Waals surface area contributed by atoms with Crippen LogP contribution in [0.2, 0.25) is 0 Å². The van der Waals surface area contributed by atoms with Crippen LogP contribution in [-0.4, -0.2) is 31.6 Å². The second kappa shape index (κ2) is 9.88. The molecule has 0 unspecified atom stereocenters. The molecular weight excluding hydrogens is 275 g/mol. The fourth-order valence-electron chi connectivity index (χ4n) is 1.69. The molecule has 2 N–H and O–H groups in total. The van der Waals surface area contributed by atoms with Crippen molar-refractivity contribution < 1.29 is 18.7 Å². The molecule has 0 saturated carbocycles. The standard InChI is InChI=1S/C15H21FN2O3/c1-2-21-15(20)8-5-9-17-11-14(19)18-10-12-6-3-4-7-13(12)16/h3-4,6-7,17H,2,5,8-11H2,1H3,(H,18,19). The van der Waals surface area contributed by atoms with Crippen molar-refractivity contribution in [3.63, 3.8) is 0 Å². The molecule has 0 saturated heterocycles. The van der Waals surface area contributed by atoms with Crippen LogP contribution < -0.4 is 10.6 Å². The van der Waals surface area contributed by atoms with Crippen LogP contribution in [0.3, 0.4) is 0 Å². The van der Waals surface area contributed by atoms with Gasteiger partial charge in [0.1, 0.15) is 5.82 Å². The lowest BCUT2D eigenvalue weighted by Gasteiger charge is -2.07. The summed E-state index contributed by atoms with van der Waals surface area (Å²) in [4.78, 5) is 22.6. The van der Waals surface area contributed by atoms with Crippen LogP contribution in [0.15, 0.2) is 24.3 Å². The molecule has 0 aliphatic rings. The number of esters is 1. The summed E-state index contributed by atoms with van der Waals surface area (Å²) in [6.07, 6.45) is 0.942. The van der Waals surface area contributed by atoms with Crippen LogP contribution in [-0.2, 0) is 20.9 Å². The molecule has 0 heterocycles. The van der Waals surface area contributed by atoms with Crippen molar-refractivity contribution in [2.45, 2.75) is 26.3 Å². The third-order valence-electron chi connectivity index (χ3n) is 2.76. The fourth-order valence-corrected chi connectivity index (χ4v) is 1.69. The van der Waals surface area contributed by atoms with Crippen LogP contribution in [0.25, 0.3) is 0 Å². The Balaban J connectivity index is 2.09. The zero-order valence-corrected chi connectivity index (χ0v) is 12.2. The number of carbonyl (C=O) groups is 2. The average molecular weight is 296 g/mol. The smallest absolute Gasteiger partial charge is 0.305 e. The molecule has 0 radical (unpaired) electrons. The second-order valence-corrected chi connectivity index (χ2v) is 4.45. The van der Waals surface area contributed by atoms with E-state index in [9.17, 15) is 14.0 Å². The van der Waals surface area contributed by atoms with Crippen molar-refractivity contribution in [1.82, 2.24) is 10.6 Å². The zero-order valence-electron chi connectivity index (χ0n) is 12.2. The van der Waals surface area contributed by atoms with Gasteiger partial charge in [-0.3, -0.25) is 9.59 Å². The Morgan fingerprint density at radius 1 is 1.29 bits per heavy atom. The first-order valence-corrected chi connectivity index (χ1v) is 7.00. The van der Waals surface area contributed by atoms with E-state index in [0.29, 0.717) is 31.6 Å². The molecule has 5 nitrogen and oxygen atoms in total. The number of halogens is 1. The van der Waals surface area contributed by atoms with Crippen LogP contribution in [0.1, 0.15) is 25.3 Å². The SMILES string of the molecule is CCOC(=O)CCCNCC(=O)NCc1ccccc1F. The van der Waals surface area contributed by atoms with Gasteiger partial charge in [-0.1, -0.05) is 18.2 Å². The van der Waals surface area contributed by atoms with E-state index in [1.165, 1.54) is 6.07 Å². The van der Waals surface area contributed by atoms with E-state index in [1.807, 2.05) is 0 Å². The van der Waals surface area contributed by atoms with Gasteiger partial charge in [-0.25, -0.2) is 4.39 Å². The first kappa shape index (κ1) is 17.1. The van der Waals surface area contributed by atoms with Gasteiger partial charge in [0, 0.05) is 18.5 Å². The third-order valence-corrected chi connectivity index (χ3v) is 2.76. The Bertz CT molecular complexity index is 466. The minimum absolute atomic E-state index is 0.136. The highest BCUT2D eigenvalue weighted by atomic mass is 19.1. The Morgan fingerprint density at radius 2 is 2.05 bits per heavy atom. The van der Waals surface area contributed by atoms with Gasteiger partial charge >= 0.3 is 5.97 Å². The molecule has 116 valence electrons. The largest absolute Gasteiger partial charge is 0.466 e. The summed E-state index contributed by atoms with van der Waals surface area (Å²) in [6.45, 7) is 2.99. The minimum Gasteiger partial charge on any atom is -0.466 e. The Morgan fingerprint density at radius 3 is 2.76 bits per heavy atom. The molecule has 1 amide bonds. The zero-order chi connectivity index (χ0) is 15.5. The number of carbonyl (C=O) groups excluding carboxylic acids is 2. The van der Waals surface area contributed by atoms with Crippen LogP contribution in [0, 0.1) is 5.82 Å². The first-order valence-electron chi connectivity index (χ1n) is 7.00. The molecule has 1 aromatic carbocycles. The summed E-state index contributed by atoms with van der Waals surface area (Å²) >= 11 is 0. The van der Waals surface area contributed by atoms with Crippen LogP contribution in [0.5, 0.6) is 0 Å². The molecule has 0 fully saturated rings. The maximum Gasteiger partial charge on any atom is 0.305 e. The van der Waals surface area contributed by atoms with Gasteiger partial charge in [0.15, 0.2) is 0 Å². The summed E-state index contributed by atoms with van der Waals surface area (Å²) in [5.74, 6) is -0.780. The molecule has 6 heteroatoms. The van der Waals surface area contributed by atoms with E-state index in [2.05, 4.69) is 10.6 Å². The van der Waals surface area contributed by atoms with Crippen molar-refractivity contribution in [1.29, 1.82) is 0 Å². The van der Waals surface area contributed by atoms with Gasteiger partial charge in [-0.15, -0.1) is 0 Å². The molecule has 1 rings (SSSR count). The van der Waals surface area contributed by atoms with Crippen molar-refractivity contribution in [3.05, 3.63) is 35.6 Å². The summed E-state index contributed by atoms with van der Waals surface area (Å²) in [6, 6.07) is 6.31. The highest BCUT2D eigenvalue weighted by Crippen LogP contribution is 2.05. The van der Waals surface area contributed by atoms with E-state index >= 15 is 0 Å². The molecular formula is C15H21FN2O3. The fraction of sp³-hybridized carbons (Fsp3) is 0.467. The molecule has 0 atom stereocenters. The van der Waals surface area contributed by atoms with Crippen molar-refractivity contribution >= 4 is 11.9 Å². The number of rotatable bonds is 9. The summed E-state index contributed by atoms with van der Waals surface area (Å²) in [5, 5.41) is 5.55. The third kappa shape index (κ3) is 7.41. The molecule has 0 aromatic heterocycles. The molecule has 0 spiro atoms. The van der Waals surface area contributed by atoms with Crippen LogP contribution >= 0.6 is 0 Å². The second-order valence-electron chi connectivity index (χ2n) is 4.45. The maximum absolute atomic E-state index is 13.3. The van der Waals surface area contributed by atoms with E-state index in [1.54, 1.807) is 25.1 Å². The lowest BCUT2D eigenvalue weighted by molar-refractivity contribution is -0.143. The molecule has 1 aromatic rings. The molecule has 0 aliphatic heterocycles. The number of nitrogens with one attached hydrogen (secondary N) is 2. The Hall–Kier alpha value is -1.95. The van der Waals surface area contributed by atoms with E-state index in [0.717, 1.165) is 0 Å². The lowest BCUT2D eigenvalue weighted by atomic mass is 10.2. The van der Waals surface area contributed by atoms with Crippen molar-refractivity contribution in [2.75, 3.05) is 19.7 Å². The number of ether oxygens (including phenoxy) is 1. The molecule has 0 bridgehead atoms. The Kier molecular flexibility index (Phi) is 8.04. The summed E-state index contributed by atoms with van der Waals surface area (Å²) < 4.78 is 18.1. The lowest BCUT2D eigenvalue weighted by Crippen LogP contribution is -2.34. The van der Waals surface area contributed by atoms with Gasteiger partial charge in [0.2, 0.25) is 5.91 Å². The highest BCUT2D eigenvalue weighted by molar-refractivity contribution is 5.78. The van der Waals surface area contributed by atoms with Gasteiger partial charge < -0.3 is 15.4 Å². The predicted molar refractivity (Wildman–Crippen MR) is 77.0 cm³/mol.